The second kappa shape index (κ2) is 8.99. The zero-order valence-electron chi connectivity index (χ0n) is 14.9. The van der Waals surface area contributed by atoms with Gasteiger partial charge in [-0.25, -0.2) is 0 Å². The molecule has 0 unspecified atom stereocenters. The number of hydrogen-bond acceptors (Lipinski definition) is 3. The third-order valence-corrected chi connectivity index (χ3v) is 3.76. The molecule has 0 radical (unpaired) electrons. The standard InChI is InChI=1S/C20H21F2NO3/c1-14-8-10-17(25-3)16(12-14)13-23(2)19(24)11-9-15-6-4-5-7-18(15)26-20(21)22/h4-12,20H,13H2,1-3H3/b11-9+. The number of hydrogen-bond donors (Lipinski definition) is 0. The molecule has 26 heavy (non-hydrogen) atoms. The number of carbonyl (C=O) groups excluding carboxylic acids is 1. The molecule has 1 amide bonds. The number of methoxy groups -OCH3 is 1. The number of para-hydroxylation sites is 1. The Balaban J connectivity index is 2.10. The van der Waals surface area contributed by atoms with Crippen molar-refractivity contribution in [1.82, 2.24) is 4.90 Å². The summed E-state index contributed by atoms with van der Waals surface area (Å²) in [6, 6.07) is 12.1. The second-order valence-electron chi connectivity index (χ2n) is 5.76. The van der Waals surface area contributed by atoms with E-state index >= 15 is 0 Å². The second-order valence-corrected chi connectivity index (χ2v) is 5.76. The highest BCUT2D eigenvalue weighted by Gasteiger charge is 2.11. The first-order valence-electron chi connectivity index (χ1n) is 8.01. The van der Waals surface area contributed by atoms with Gasteiger partial charge >= 0.3 is 6.61 Å². The van der Waals surface area contributed by atoms with E-state index in [1.807, 2.05) is 25.1 Å². The lowest BCUT2D eigenvalue weighted by Crippen LogP contribution is -2.24. The molecule has 0 aromatic heterocycles. The fourth-order valence-corrected chi connectivity index (χ4v) is 2.47. The Labute approximate surface area is 151 Å². The van der Waals surface area contributed by atoms with Crippen LogP contribution in [0.25, 0.3) is 6.08 Å². The zero-order valence-corrected chi connectivity index (χ0v) is 14.9. The van der Waals surface area contributed by atoms with Gasteiger partial charge in [-0.15, -0.1) is 0 Å². The summed E-state index contributed by atoms with van der Waals surface area (Å²) in [5, 5.41) is 0. The van der Waals surface area contributed by atoms with Gasteiger partial charge in [0, 0.05) is 30.8 Å². The predicted octanol–water partition coefficient (Wildman–Crippen LogP) is 4.28. The lowest BCUT2D eigenvalue weighted by atomic mass is 10.1. The first kappa shape index (κ1) is 19.4. The molecular weight excluding hydrogens is 340 g/mol. The molecule has 0 saturated carbocycles. The van der Waals surface area contributed by atoms with Crippen LogP contribution in [-0.2, 0) is 11.3 Å². The largest absolute Gasteiger partial charge is 0.496 e. The summed E-state index contributed by atoms with van der Waals surface area (Å²) in [5.74, 6) is 0.463. The molecule has 0 aliphatic rings. The maximum Gasteiger partial charge on any atom is 0.387 e. The van der Waals surface area contributed by atoms with Crippen LogP contribution in [0.3, 0.4) is 0 Å². The van der Waals surface area contributed by atoms with Gasteiger partial charge in [-0.2, -0.15) is 8.78 Å². The van der Waals surface area contributed by atoms with Crippen LogP contribution in [0.1, 0.15) is 16.7 Å². The average Bonchev–Trinajstić information content (AvgIpc) is 2.60. The summed E-state index contributed by atoms with van der Waals surface area (Å²) in [7, 11) is 3.24. The third kappa shape index (κ3) is 5.31. The molecule has 0 aliphatic carbocycles. The van der Waals surface area contributed by atoms with E-state index in [9.17, 15) is 13.6 Å². The van der Waals surface area contributed by atoms with Crippen molar-refractivity contribution in [2.24, 2.45) is 0 Å². The molecule has 6 heteroatoms. The summed E-state index contributed by atoms with van der Waals surface area (Å²) in [5.41, 5.74) is 2.36. The van der Waals surface area contributed by atoms with E-state index in [1.54, 1.807) is 32.4 Å². The van der Waals surface area contributed by atoms with Crippen molar-refractivity contribution in [2.75, 3.05) is 14.2 Å². The van der Waals surface area contributed by atoms with Crippen LogP contribution in [0.2, 0.25) is 0 Å². The zero-order chi connectivity index (χ0) is 19.1. The Morgan fingerprint density at radius 3 is 2.62 bits per heavy atom. The van der Waals surface area contributed by atoms with E-state index in [0.29, 0.717) is 17.9 Å². The van der Waals surface area contributed by atoms with Gasteiger partial charge in [0.05, 0.1) is 7.11 Å². The molecule has 0 N–H and O–H groups in total. The average molecular weight is 361 g/mol. The number of carbonyl (C=O) groups is 1. The summed E-state index contributed by atoms with van der Waals surface area (Å²) >= 11 is 0. The number of rotatable bonds is 7. The quantitative estimate of drug-likeness (QED) is 0.691. The first-order chi connectivity index (χ1) is 12.4. The molecule has 0 aliphatic heterocycles. The van der Waals surface area contributed by atoms with E-state index in [0.717, 1.165) is 11.1 Å². The minimum atomic E-state index is -2.92. The lowest BCUT2D eigenvalue weighted by Gasteiger charge is -2.18. The van der Waals surface area contributed by atoms with Crippen molar-refractivity contribution >= 4 is 12.0 Å². The first-order valence-corrected chi connectivity index (χ1v) is 8.01. The van der Waals surface area contributed by atoms with Gasteiger partial charge in [0.2, 0.25) is 5.91 Å². The maximum atomic E-state index is 12.4. The summed E-state index contributed by atoms with van der Waals surface area (Å²) in [4.78, 5) is 13.9. The van der Waals surface area contributed by atoms with Gasteiger partial charge in [0.25, 0.3) is 0 Å². The van der Waals surface area contributed by atoms with Crippen molar-refractivity contribution in [3.8, 4) is 11.5 Å². The predicted molar refractivity (Wildman–Crippen MR) is 96.3 cm³/mol. The van der Waals surface area contributed by atoms with Crippen molar-refractivity contribution in [2.45, 2.75) is 20.1 Å². The summed E-state index contributed by atoms with van der Waals surface area (Å²) < 4.78 is 34.7. The van der Waals surface area contributed by atoms with E-state index < -0.39 is 6.61 Å². The van der Waals surface area contributed by atoms with Crippen LogP contribution in [0.4, 0.5) is 8.78 Å². The van der Waals surface area contributed by atoms with Crippen molar-refractivity contribution < 1.29 is 23.0 Å². The number of aryl methyl sites for hydroxylation is 1. The molecule has 0 heterocycles. The molecule has 0 spiro atoms. The van der Waals surface area contributed by atoms with Gasteiger partial charge in [-0.1, -0.05) is 35.9 Å². The van der Waals surface area contributed by atoms with Crippen LogP contribution < -0.4 is 9.47 Å². The van der Waals surface area contributed by atoms with Crippen molar-refractivity contribution in [3.05, 3.63) is 65.2 Å². The number of halogens is 2. The van der Waals surface area contributed by atoms with Crippen LogP contribution in [0.5, 0.6) is 11.5 Å². The Morgan fingerprint density at radius 2 is 1.92 bits per heavy atom. The molecule has 0 fully saturated rings. The van der Waals surface area contributed by atoms with Gasteiger partial charge in [-0.05, 0) is 25.1 Å². The Hall–Kier alpha value is -2.89. The molecule has 0 bridgehead atoms. The fraction of sp³-hybridized carbons (Fsp3) is 0.250. The van der Waals surface area contributed by atoms with Gasteiger partial charge in [0.15, 0.2) is 0 Å². The minimum absolute atomic E-state index is 0.0227. The normalized spacial score (nSPS) is 11.0. The maximum absolute atomic E-state index is 12.4. The minimum Gasteiger partial charge on any atom is -0.496 e. The molecule has 0 atom stereocenters. The number of alkyl halides is 2. The van der Waals surface area contributed by atoms with Crippen LogP contribution in [0.15, 0.2) is 48.5 Å². The SMILES string of the molecule is COc1ccc(C)cc1CN(C)C(=O)/C=C/c1ccccc1OC(F)F. The van der Waals surface area contributed by atoms with Gasteiger partial charge in [0.1, 0.15) is 11.5 Å². The molecular formula is C20H21F2NO3. The summed E-state index contributed by atoms with van der Waals surface area (Å²) in [6.07, 6.45) is 2.79. The van der Waals surface area contributed by atoms with E-state index in [-0.39, 0.29) is 11.7 Å². The molecule has 4 nitrogen and oxygen atoms in total. The molecule has 0 saturated heterocycles. The van der Waals surface area contributed by atoms with E-state index in [4.69, 9.17) is 4.74 Å². The third-order valence-electron chi connectivity index (χ3n) is 3.76. The monoisotopic (exact) mass is 361 g/mol. The highest BCUT2D eigenvalue weighted by Crippen LogP contribution is 2.23. The number of benzene rings is 2. The summed E-state index contributed by atoms with van der Waals surface area (Å²) in [6.45, 7) is -0.593. The highest BCUT2D eigenvalue weighted by atomic mass is 19.3. The fourth-order valence-electron chi connectivity index (χ4n) is 2.47. The van der Waals surface area contributed by atoms with E-state index in [2.05, 4.69) is 4.74 Å². The number of ether oxygens (including phenoxy) is 2. The number of amides is 1. The molecule has 138 valence electrons. The number of nitrogens with zero attached hydrogens (tertiary/aromatic N) is 1. The Morgan fingerprint density at radius 1 is 1.19 bits per heavy atom. The van der Waals surface area contributed by atoms with Crippen LogP contribution in [0, 0.1) is 6.92 Å². The topological polar surface area (TPSA) is 38.8 Å². The van der Waals surface area contributed by atoms with Crippen LogP contribution >= 0.6 is 0 Å². The van der Waals surface area contributed by atoms with Gasteiger partial charge < -0.3 is 14.4 Å². The highest BCUT2D eigenvalue weighted by molar-refractivity contribution is 5.92. The Kier molecular flexibility index (Phi) is 6.72. The molecule has 2 rings (SSSR count). The molecule has 2 aromatic carbocycles. The van der Waals surface area contributed by atoms with Crippen molar-refractivity contribution in [1.29, 1.82) is 0 Å². The number of likely N-dealkylation sites (N-methyl/N-ethyl adjacent to an activating group) is 1. The molecule has 2 aromatic rings. The van der Waals surface area contributed by atoms with E-state index in [1.165, 1.54) is 23.1 Å². The van der Waals surface area contributed by atoms with Crippen molar-refractivity contribution in [3.63, 3.8) is 0 Å². The van der Waals surface area contributed by atoms with Crippen LogP contribution in [-0.4, -0.2) is 31.6 Å². The Bertz CT molecular complexity index is 790. The smallest absolute Gasteiger partial charge is 0.387 e. The lowest BCUT2D eigenvalue weighted by molar-refractivity contribution is -0.125. The van der Waals surface area contributed by atoms with Gasteiger partial charge in [-0.3, -0.25) is 4.79 Å².